The summed E-state index contributed by atoms with van der Waals surface area (Å²) in [5.74, 6) is 1.27. The molecule has 0 saturated heterocycles. The molecule has 4 aromatic rings. The molecule has 2 aromatic heterocycles. The molecule has 33 heavy (non-hydrogen) atoms. The molecule has 0 aliphatic carbocycles. The molecule has 7 nitrogen and oxygen atoms in total. The van der Waals surface area contributed by atoms with Crippen LogP contribution in [0.2, 0.25) is 0 Å². The Bertz CT molecular complexity index is 1300. The lowest BCUT2D eigenvalue weighted by atomic mass is 10.1. The van der Waals surface area contributed by atoms with Crippen LogP contribution in [0.25, 0.3) is 17.1 Å². The summed E-state index contributed by atoms with van der Waals surface area (Å²) in [6, 6.07) is 21.4. The molecule has 1 amide bonds. The van der Waals surface area contributed by atoms with Gasteiger partial charge in [-0.05, 0) is 55.5 Å². The van der Waals surface area contributed by atoms with Crippen LogP contribution in [0.15, 0.2) is 72.9 Å². The van der Waals surface area contributed by atoms with Gasteiger partial charge >= 0.3 is 0 Å². The largest absolute Gasteiger partial charge is 0.496 e. The number of carbonyl (C=O) groups excluding carboxylic acids is 1. The Morgan fingerprint density at radius 1 is 1.06 bits per heavy atom. The van der Waals surface area contributed by atoms with Crippen molar-refractivity contribution in [1.29, 1.82) is 0 Å². The van der Waals surface area contributed by atoms with E-state index in [4.69, 9.17) is 22.1 Å². The van der Waals surface area contributed by atoms with Crippen LogP contribution in [0, 0.1) is 11.7 Å². The molecule has 0 spiro atoms. The second kappa shape index (κ2) is 10.2. The zero-order valence-corrected chi connectivity index (χ0v) is 19.4. The molecule has 2 heterocycles. The number of pyridine rings is 1. The quantitative estimate of drug-likeness (QED) is 0.393. The molecule has 8 heteroatoms. The standard InChI is InChI=1S/C25H25N5O2S/c1-18-10-12-20(13-11-18)30-24(21-8-3-4-9-22(21)32-2)28-29(25(30)33)16-14-23(31)27-17-19-7-5-6-15-26-19/h3-13,15H,14,16-17H2,1-2H3,(H,27,31). The Balaban J connectivity index is 1.62. The fourth-order valence-corrected chi connectivity index (χ4v) is 3.80. The number of nitrogens with zero attached hydrogens (tertiary/aromatic N) is 4. The Morgan fingerprint density at radius 3 is 2.55 bits per heavy atom. The van der Waals surface area contributed by atoms with Gasteiger partial charge in [0.15, 0.2) is 5.82 Å². The second-order valence-corrected chi connectivity index (χ2v) is 7.91. The Morgan fingerprint density at radius 2 is 1.82 bits per heavy atom. The molecule has 168 valence electrons. The summed E-state index contributed by atoms with van der Waals surface area (Å²) in [5.41, 5.74) is 3.69. The van der Waals surface area contributed by atoms with Crippen LogP contribution in [0.1, 0.15) is 17.7 Å². The maximum atomic E-state index is 12.4. The first-order valence-corrected chi connectivity index (χ1v) is 11.0. The van der Waals surface area contributed by atoms with Crippen molar-refractivity contribution in [2.75, 3.05) is 7.11 Å². The molecule has 1 N–H and O–H groups in total. The topological polar surface area (TPSA) is 74.0 Å². The predicted molar refractivity (Wildman–Crippen MR) is 130 cm³/mol. The number of rotatable bonds is 8. The lowest BCUT2D eigenvalue weighted by Crippen LogP contribution is -2.24. The summed E-state index contributed by atoms with van der Waals surface area (Å²) in [7, 11) is 1.63. The van der Waals surface area contributed by atoms with Crippen molar-refractivity contribution < 1.29 is 9.53 Å². The zero-order chi connectivity index (χ0) is 23.2. The molecule has 2 aromatic carbocycles. The minimum Gasteiger partial charge on any atom is -0.496 e. The normalized spacial score (nSPS) is 10.7. The predicted octanol–water partition coefficient (Wildman–Crippen LogP) is 4.49. The number of carbonyl (C=O) groups is 1. The molecular formula is C25H25N5O2S. The van der Waals surface area contributed by atoms with Crippen molar-refractivity contribution in [3.05, 3.63) is 89.0 Å². The van der Waals surface area contributed by atoms with Crippen molar-refractivity contribution in [1.82, 2.24) is 24.6 Å². The maximum absolute atomic E-state index is 12.4. The van der Waals surface area contributed by atoms with E-state index >= 15 is 0 Å². The van der Waals surface area contributed by atoms with E-state index in [0.29, 0.717) is 29.4 Å². The highest BCUT2D eigenvalue weighted by molar-refractivity contribution is 7.71. The third kappa shape index (κ3) is 5.18. The van der Waals surface area contributed by atoms with Gasteiger partial charge in [-0.2, -0.15) is 5.10 Å². The van der Waals surface area contributed by atoms with E-state index in [0.717, 1.165) is 22.5 Å². The maximum Gasteiger partial charge on any atom is 0.222 e. The number of hydrogen-bond acceptors (Lipinski definition) is 5. The third-order valence-corrected chi connectivity index (χ3v) is 5.62. The summed E-state index contributed by atoms with van der Waals surface area (Å²) in [5, 5.41) is 7.68. The summed E-state index contributed by atoms with van der Waals surface area (Å²) >= 11 is 5.78. The lowest BCUT2D eigenvalue weighted by Gasteiger charge is -2.10. The second-order valence-electron chi connectivity index (χ2n) is 7.55. The van der Waals surface area contributed by atoms with E-state index in [1.54, 1.807) is 18.0 Å². The van der Waals surface area contributed by atoms with Gasteiger partial charge in [-0.1, -0.05) is 35.9 Å². The van der Waals surface area contributed by atoms with Crippen LogP contribution in [0.3, 0.4) is 0 Å². The Kier molecular flexibility index (Phi) is 6.95. The first-order valence-electron chi connectivity index (χ1n) is 10.6. The molecule has 0 aliphatic heterocycles. The molecule has 0 radical (unpaired) electrons. The van der Waals surface area contributed by atoms with Crippen LogP contribution in [0.5, 0.6) is 5.75 Å². The van der Waals surface area contributed by atoms with E-state index in [1.807, 2.05) is 78.2 Å². The van der Waals surface area contributed by atoms with E-state index in [1.165, 1.54) is 0 Å². The first kappa shape index (κ1) is 22.4. The van der Waals surface area contributed by atoms with Crippen molar-refractivity contribution >= 4 is 18.1 Å². The highest BCUT2D eigenvalue weighted by atomic mass is 32.1. The van der Waals surface area contributed by atoms with Crippen LogP contribution in [0.4, 0.5) is 0 Å². The average molecular weight is 460 g/mol. The van der Waals surface area contributed by atoms with E-state index in [-0.39, 0.29) is 12.3 Å². The van der Waals surface area contributed by atoms with Crippen LogP contribution < -0.4 is 10.1 Å². The summed E-state index contributed by atoms with van der Waals surface area (Å²) < 4.78 is 9.68. The molecule has 4 rings (SSSR count). The summed E-state index contributed by atoms with van der Waals surface area (Å²) in [6.45, 7) is 2.78. The smallest absolute Gasteiger partial charge is 0.222 e. The zero-order valence-electron chi connectivity index (χ0n) is 18.6. The van der Waals surface area contributed by atoms with Gasteiger partial charge in [0, 0.05) is 18.3 Å². The highest BCUT2D eigenvalue weighted by Gasteiger charge is 2.18. The molecule has 0 aliphatic rings. The Hall–Kier alpha value is -3.78. The molecular weight excluding hydrogens is 434 g/mol. The number of nitrogens with one attached hydrogen (secondary N) is 1. The SMILES string of the molecule is COc1ccccc1-c1nn(CCC(=O)NCc2ccccn2)c(=S)n1-c1ccc(C)cc1. The van der Waals surface area contributed by atoms with Gasteiger partial charge in [-0.15, -0.1) is 0 Å². The van der Waals surface area contributed by atoms with Crippen molar-refractivity contribution in [2.24, 2.45) is 0 Å². The number of methoxy groups -OCH3 is 1. The van der Waals surface area contributed by atoms with Gasteiger partial charge in [-0.25, -0.2) is 4.68 Å². The van der Waals surface area contributed by atoms with E-state index in [2.05, 4.69) is 10.3 Å². The third-order valence-electron chi connectivity index (χ3n) is 5.22. The monoisotopic (exact) mass is 459 g/mol. The van der Waals surface area contributed by atoms with Crippen molar-refractivity contribution in [2.45, 2.75) is 26.4 Å². The molecule has 0 bridgehead atoms. The number of aromatic nitrogens is 4. The first-order chi connectivity index (χ1) is 16.1. The minimum absolute atomic E-state index is 0.0914. The van der Waals surface area contributed by atoms with Gasteiger partial charge in [0.1, 0.15) is 5.75 Å². The number of para-hydroxylation sites is 1. The lowest BCUT2D eigenvalue weighted by molar-refractivity contribution is -0.121. The van der Waals surface area contributed by atoms with E-state index in [9.17, 15) is 4.79 Å². The van der Waals surface area contributed by atoms with Gasteiger partial charge in [0.05, 0.1) is 31.5 Å². The van der Waals surface area contributed by atoms with Crippen LogP contribution in [-0.4, -0.2) is 32.3 Å². The summed E-state index contributed by atoms with van der Waals surface area (Å²) in [6.07, 6.45) is 1.95. The van der Waals surface area contributed by atoms with Gasteiger partial charge in [-0.3, -0.25) is 14.3 Å². The van der Waals surface area contributed by atoms with E-state index < -0.39 is 0 Å². The number of amides is 1. The van der Waals surface area contributed by atoms with Crippen molar-refractivity contribution in [3.8, 4) is 22.8 Å². The number of ether oxygens (including phenoxy) is 1. The highest BCUT2D eigenvalue weighted by Crippen LogP contribution is 2.30. The van der Waals surface area contributed by atoms with Crippen LogP contribution >= 0.6 is 12.2 Å². The fraction of sp³-hybridized carbons (Fsp3) is 0.200. The van der Waals surface area contributed by atoms with Crippen molar-refractivity contribution in [3.63, 3.8) is 0 Å². The average Bonchev–Trinajstić information content (AvgIpc) is 3.18. The van der Waals surface area contributed by atoms with Gasteiger partial charge < -0.3 is 10.1 Å². The number of aryl methyl sites for hydroxylation is 2. The minimum atomic E-state index is -0.0914. The molecule has 0 unspecified atom stereocenters. The molecule has 0 fully saturated rings. The summed E-state index contributed by atoms with van der Waals surface area (Å²) in [4.78, 5) is 16.7. The van der Waals surface area contributed by atoms with Gasteiger partial charge in [0.2, 0.25) is 10.7 Å². The molecule has 0 saturated carbocycles. The number of hydrogen-bond donors (Lipinski definition) is 1. The Labute approximate surface area is 197 Å². The fourth-order valence-electron chi connectivity index (χ4n) is 3.47. The van der Waals surface area contributed by atoms with Crippen LogP contribution in [-0.2, 0) is 17.9 Å². The number of benzene rings is 2. The molecule has 0 atom stereocenters. The van der Waals surface area contributed by atoms with Gasteiger partial charge in [0.25, 0.3) is 0 Å².